The maximum atomic E-state index is 11.7. The molecule has 0 amide bonds. The molecular formula is C20H27N3O3. The number of ether oxygens (including phenoxy) is 2. The van der Waals surface area contributed by atoms with E-state index in [9.17, 15) is 4.79 Å². The molecule has 1 aliphatic rings. The van der Waals surface area contributed by atoms with E-state index in [1.54, 1.807) is 13.2 Å². The Morgan fingerprint density at radius 3 is 2.92 bits per heavy atom. The molecule has 0 spiro atoms. The van der Waals surface area contributed by atoms with Gasteiger partial charge in [0, 0.05) is 37.2 Å². The first-order valence-corrected chi connectivity index (χ1v) is 9.12. The third kappa shape index (κ3) is 4.51. The van der Waals surface area contributed by atoms with Gasteiger partial charge in [0.15, 0.2) is 0 Å². The summed E-state index contributed by atoms with van der Waals surface area (Å²) in [4.78, 5) is 21.3. The third-order valence-electron chi connectivity index (χ3n) is 4.78. The van der Waals surface area contributed by atoms with Crippen LogP contribution in [0.5, 0.6) is 5.75 Å². The van der Waals surface area contributed by atoms with E-state index in [0.29, 0.717) is 25.0 Å². The van der Waals surface area contributed by atoms with Gasteiger partial charge in [0.25, 0.3) is 5.56 Å². The van der Waals surface area contributed by atoms with Crippen LogP contribution in [0.2, 0.25) is 0 Å². The normalized spacial score (nSPS) is 17.6. The second-order valence-corrected chi connectivity index (χ2v) is 6.76. The number of hydrogen-bond acceptors (Lipinski definition) is 5. The zero-order valence-corrected chi connectivity index (χ0v) is 15.7. The second kappa shape index (κ2) is 8.47. The fourth-order valence-corrected chi connectivity index (χ4v) is 3.54. The van der Waals surface area contributed by atoms with Gasteiger partial charge in [-0.15, -0.1) is 0 Å². The number of nitrogens with zero attached hydrogens (tertiary/aromatic N) is 2. The zero-order chi connectivity index (χ0) is 18.5. The summed E-state index contributed by atoms with van der Waals surface area (Å²) < 4.78 is 11.0. The number of nitrogens with one attached hydrogen (secondary N) is 1. The van der Waals surface area contributed by atoms with Crippen molar-refractivity contribution < 1.29 is 9.47 Å². The molecule has 1 aromatic heterocycles. The minimum absolute atomic E-state index is 0.0679. The predicted octanol–water partition coefficient (Wildman–Crippen LogP) is 2.61. The first-order valence-electron chi connectivity index (χ1n) is 9.12. The van der Waals surface area contributed by atoms with E-state index in [2.05, 4.69) is 27.0 Å². The molecule has 140 valence electrons. The average molecular weight is 357 g/mol. The molecule has 2 heterocycles. The smallest absolute Gasteiger partial charge is 0.251 e. The van der Waals surface area contributed by atoms with E-state index in [4.69, 9.17) is 9.47 Å². The number of benzene rings is 1. The van der Waals surface area contributed by atoms with Crippen molar-refractivity contribution in [3.05, 3.63) is 57.3 Å². The van der Waals surface area contributed by atoms with Gasteiger partial charge in [-0.25, -0.2) is 4.98 Å². The van der Waals surface area contributed by atoms with Crippen molar-refractivity contribution in [2.75, 3.05) is 26.8 Å². The Morgan fingerprint density at radius 2 is 2.19 bits per heavy atom. The van der Waals surface area contributed by atoms with Crippen LogP contribution in [0.15, 0.2) is 29.1 Å². The van der Waals surface area contributed by atoms with Crippen molar-refractivity contribution in [3.63, 3.8) is 0 Å². The van der Waals surface area contributed by atoms with E-state index in [1.165, 1.54) is 5.56 Å². The number of rotatable bonds is 7. The van der Waals surface area contributed by atoms with Crippen LogP contribution in [0.4, 0.5) is 0 Å². The molecule has 6 heteroatoms. The predicted molar refractivity (Wildman–Crippen MR) is 101 cm³/mol. The van der Waals surface area contributed by atoms with Crippen LogP contribution in [0.1, 0.15) is 41.9 Å². The summed E-state index contributed by atoms with van der Waals surface area (Å²) in [6.07, 6.45) is 1.03. The van der Waals surface area contributed by atoms with Gasteiger partial charge in [-0.1, -0.05) is 6.07 Å². The van der Waals surface area contributed by atoms with Gasteiger partial charge in [0.1, 0.15) is 11.6 Å². The highest BCUT2D eigenvalue weighted by atomic mass is 16.5. The molecule has 1 aromatic carbocycles. The van der Waals surface area contributed by atoms with Crippen molar-refractivity contribution in [3.8, 4) is 5.75 Å². The molecule has 1 atom stereocenters. The standard InChI is InChI=1S/C20H27N3O3/c1-4-26-13-17-9-15(5-6-19(17)25-3)11-23-8-7-16(12-23)18-10-20(24)22-14(2)21-18/h5-6,9-10,16H,4,7-8,11-13H2,1-3H3,(H,21,22,24). The molecule has 1 fully saturated rings. The van der Waals surface area contributed by atoms with Crippen molar-refractivity contribution in [1.82, 2.24) is 14.9 Å². The van der Waals surface area contributed by atoms with Gasteiger partial charge in [-0.05, 0) is 44.5 Å². The summed E-state index contributed by atoms with van der Waals surface area (Å²) in [6.45, 7) is 7.87. The van der Waals surface area contributed by atoms with Crippen molar-refractivity contribution in [2.24, 2.45) is 0 Å². The fraction of sp³-hybridized carbons (Fsp3) is 0.500. The lowest BCUT2D eigenvalue weighted by Crippen LogP contribution is -2.21. The third-order valence-corrected chi connectivity index (χ3v) is 4.78. The fourth-order valence-electron chi connectivity index (χ4n) is 3.54. The maximum Gasteiger partial charge on any atom is 0.251 e. The molecule has 1 unspecified atom stereocenters. The Hall–Kier alpha value is -2.18. The molecule has 1 saturated heterocycles. The SMILES string of the molecule is CCOCc1cc(CN2CCC(c3cc(=O)[nH]c(C)n3)C2)ccc1OC. The highest BCUT2D eigenvalue weighted by Gasteiger charge is 2.25. The molecule has 1 aliphatic heterocycles. The number of likely N-dealkylation sites (tertiary alicyclic amines) is 1. The van der Waals surface area contributed by atoms with Crippen molar-refractivity contribution >= 4 is 0 Å². The lowest BCUT2D eigenvalue weighted by atomic mass is 10.0. The van der Waals surface area contributed by atoms with Gasteiger partial charge in [0.2, 0.25) is 0 Å². The molecule has 0 aliphatic carbocycles. The van der Waals surface area contributed by atoms with Crippen molar-refractivity contribution in [1.29, 1.82) is 0 Å². The summed E-state index contributed by atoms with van der Waals surface area (Å²) in [5.41, 5.74) is 3.16. The Bertz CT molecular complexity index is 803. The first kappa shape index (κ1) is 18.6. The quantitative estimate of drug-likeness (QED) is 0.825. The number of aromatic amines is 1. The van der Waals surface area contributed by atoms with Crippen LogP contribution in [0.25, 0.3) is 0 Å². The molecule has 6 nitrogen and oxygen atoms in total. The second-order valence-electron chi connectivity index (χ2n) is 6.76. The van der Waals surface area contributed by atoms with Gasteiger partial charge < -0.3 is 14.5 Å². The van der Waals surface area contributed by atoms with Crippen LogP contribution in [-0.4, -0.2) is 41.7 Å². The van der Waals surface area contributed by atoms with E-state index in [-0.39, 0.29) is 5.56 Å². The van der Waals surface area contributed by atoms with Gasteiger partial charge in [-0.2, -0.15) is 0 Å². The maximum absolute atomic E-state index is 11.7. The molecule has 26 heavy (non-hydrogen) atoms. The number of hydrogen-bond donors (Lipinski definition) is 1. The minimum atomic E-state index is -0.0679. The summed E-state index contributed by atoms with van der Waals surface area (Å²) in [5, 5.41) is 0. The monoisotopic (exact) mass is 357 g/mol. The molecule has 2 aromatic rings. The van der Waals surface area contributed by atoms with E-state index >= 15 is 0 Å². The van der Waals surface area contributed by atoms with Gasteiger partial charge in [-0.3, -0.25) is 9.69 Å². The average Bonchev–Trinajstić information content (AvgIpc) is 3.08. The van der Waals surface area contributed by atoms with Crippen LogP contribution >= 0.6 is 0 Å². The molecular weight excluding hydrogens is 330 g/mol. The number of aryl methyl sites for hydroxylation is 1. The van der Waals surface area contributed by atoms with Crippen LogP contribution in [0.3, 0.4) is 0 Å². The Morgan fingerprint density at radius 1 is 1.35 bits per heavy atom. The van der Waals surface area contributed by atoms with E-state index in [0.717, 1.165) is 43.1 Å². The Labute approximate surface area is 154 Å². The first-order chi connectivity index (χ1) is 12.6. The number of aromatic nitrogens is 2. The van der Waals surface area contributed by atoms with Crippen LogP contribution in [-0.2, 0) is 17.9 Å². The molecule has 3 rings (SSSR count). The molecule has 0 saturated carbocycles. The van der Waals surface area contributed by atoms with Crippen LogP contribution < -0.4 is 10.3 Å². The summed E-state index contributed by atoms with van der Waals surface area (Å²) in [6, 6.07) is 7.92. The Kier molecular flexibility index (Phi) is 6.06. The highest BCUT2D eigenvalue weighted by Crippen LogP contribution is 2.28. The minimum Gasteiger partial charge on any atom is -0.496 e. The van der Waals surface area contributed by atoms with E-state index < -0.39 is 0 Å². The highest BCUT2D eigenvalue weighted by molar-refractivity contribution is 5.37. The largest absolute Gasteiger partial charge is 0.496 e. The Balaban J connectivity index is 1.67. The molecule has 0 radical (unpaired) electrons. The lowest BCUT2D eigenvalue weighted by Gasteiger charge is -2.17. The van der Waals surface area contributed by atoms with Crippen molar-refractivity contribution in [2.45, 2.75) is 39.3 Å². The topological polar surface area (TPSA) is 67.5 Å². The summed E-state index contributed by atoms with van der Waals surface area (Å²) >= 11 is 0. The summed E-state index contributed by atoms with van der Waals surface area (Å²) in [7, 11) is 1.69. The van der Waals surface area contributed by atoms with Gasteiger partial charge >= 0.3 is 0 Å². The number of H-pyrrole nitrogens is 1. The van der Waals surface area contributed by atoms with Gasteiger partial charge in [0.05, 0.1) is 19.4 Å². The lowest BCUT2D eigenvalue weighted by molar-refractivity contribution is 0.132. The number of methoxy groups -OCH3 is 1. The summed E-state index contributed by atoms with van der Waals surface area (Å²) in [5.74, 6) is 1.86. The zero-order valence-electron chi connectivity index (χ0n) is 15.7. The molecule has 0 bridgehead atoms. The van der Waals surface area contributed by atoms with E-state index in [1.807, 2.05) is 19.9 Å². The van der Waals surface area contributed by atoms with Crippen LogP contribution in [0, 0.1) is 6.92 Å². The molecule has 1 N–H and O–H groups in total.